The molecule has 1 saturated carbocycles. The summed E-state index contributed by atoms with van der Waals surface area (Å²) in [5, 5.41) is 0. The predicted octanol–water partition coefficient (Wildman–Crippen LogP) is 1.51. The second-order valence-corrected chi connectivity index (χ2v) is 9.57. The average molecular weight is 472 g/mol. The molecule has 3 amide bonds. The number of likely N-dealkylation sites (tertiary alicyclic amines) is 1. The van der Waals surface area contributed by atoms with Crippen molar-refractivity contribution in [3.8, 4) is 5.75 Å². The summed E-state index contributed by atoms with van der Waals surface area (Å²) in [6, 6.07) is 6.24. The van der Waals surface area contributed by atoms with Gasteiger partial charge in [-0.05, 0) is 37.1 Å². The number of nitrogens with zero attached hydrogens (tertiary/aromatic N) is 3. The van der Waals surface area contributed by atoms with Crippen LogP contribution in [0.3, 0.4) is 0 Å². The van der Waals surface area contributed by atoms with E-state index < -0.39 is 11.8 Å². The lowest BCUT2D eigenvalue weighted by Crippen LogP contribution is -2.61. The number of piperidine rings is 1. The first kappa shape index (κ1) is 23.1. The Kier molecular flexibility index (Phi) is 6.48. The smallest absolute Gasteiger partial charge is 0.256 e. The summed E-state index contributed by atoms with van der Waals surface area (Å²) in [4.78, 5) is 45.4. The molecule has 3 aliphatic heterocycles. The first-order chi connectivity index (χ1) is 16.5. The minimum atomic E-state index is -0.889. The molecule has 184 valence electrons. The summed E-state index contributed by atoms with van der Waals surface area (Å²) in [6.07, 6.45) is 4.05. The fourth-order valence-corrected chi connectivity index (χ4v) is 5.41. The SMILES string of the molecule is COc1ccc(C(=O)N2[C@@H](C(=O)N3CCOCC3)COC23CCN(C(=O)C2CCC2)CC3)cc1. The second-order valence-electron chi connectivity index (χ2n) is 9.57. The Morgan fingerprint density at radius 1 is 0.941 bits per heavy atom. The molecule has 1 spiro atoms. The molecule has 34 heavy (non-hydrogen) atoms. The molecule has 3 heterocycles. The van der Waals surface area contributed by atoms with Gasteiger partial charge in [0.05, 0.1) is 26.9 Å². The Morgan fingerprint density at radius 3 is 2.18 bits per heavy atom. The van der Waals surface area contributed by atoms with E-state index in [1.54, 1.807) is 41.2 Å². The van der Waals surface area contributed by atoms with E-state index in [1.807, 2.05) is 4.90 Å². The Morgan fingerprint density at radius 2 is 1.59 bits per heavy atom. The monoisotopic (exact) mass is 471 g/mol. The molecule has 0 radical (unpaired) electrons. The van der Waals surface area contributed by atoms with Gasteiger partial charge in [-0.2, -0.15) is 0 Å². The zero-order valence-electron chi connectivity index (χ0n) is 19.7. The molecule has 1 aromatic carbocycles. The van der Waals surface area contributed by atoms with Crippen LogP contribution in [-0.4, -0.2) is 97.3 Å². The van der Waals surface area contributed by atoms with Gasteiger partial charge in [-0.1, -0.05) is 6.42 Å². The van der Waals surface area contributed by atoms with E-state index in [0.29, 0.717) is 63.5 Å². The molecular formula is C25H33N3O6. The number of carbonyl (C=O) groups is 3. The summed E-state index contributed by atoms with van der Waals surface area (Å²) in [5.74, 6) is 0.688. The molecule has 1 atom stereocenters. The number of carbonyl (C=O) groups excluding carboxylic acids is 3. The molecule has 9 nitrogen and oxygen atoms in total. The predicted molar refractivity (Wildman–Crippen MR) is 122 cm³/mol. The van der Waals surface area contributed by atoms with Crippen LogP contribution in [0.2, 0.25) is 0 Å². The standard InChI is InChI=1S/C25H33N3O6/c1-32-20-7-5-19(6-8-20)23(30)28-21(24(31)27-13-15-33-16-14-27)17-34-25(28)9-11-26(12-10-25)22(29)18-3-2-4-18/h5-8,18,21H,2-4,9-17H2,1H3/t21-/m1/s1. The van der Waals surface area contributed by atoms with Crippen molar-refractivity contribution in [1.29, 1.82) is 0 Å². The number of hydrogen-bond donors (Lipinski definition) is 0. The molecule has 0 aromatic heterocycles. The van der Waals surface area contributed by atoms with Crippen molar-refractivity contribution in [1.82, 2.24) is 14.7 Å². The van der Waals surface area contributed by atoms with Gasteiger partial charge in [-0.15, -0.1) is 0 Å². The van der Waals surface area contributed by atoms with E-state index in [0.717, 1.165) is 19.3 Å². The minimum absolute atomic E-state index is 0.102. The molecule has 9 heteroatoms. The van der Waals surface area contributed by atoms with Crippen LogP contribution in [0.5, 0.6) is 5.75 Å². The van der Waals surface area contributed by atoms with Crippen LogP contribution < -0.4 is 4.74 Å². The van der Waals surface area contributed by atoms with Gasteiger partial charge in [-0.25, -0.2) is 0 Å². The van der Waals surface area contributed by atoms with Crippen LogP contribution in [-0.2, 0) is 19.1 Å². The Bertz CT molecular complexity index is 917. The third-order valence-electron chi connectivity index (χ3n) is 7.73. The molecule has 4 fully saturated rings. The zero-order chi connectivity index (χ0) is 23.7. The summed E-state index contributed by atoms with van der Waals surface area (Å²) >= 11 is 0. The van der Waals surface area contributed by atoms with Gasteiger partial charge in [-0.3, -0.25) is 19.3 Å². The maximum Gasteiger partial charge on any atom is 0.256 e. The van der Waals surface area contributed by atoms with E-state index in [-0.39, 0.29) is 30.2 Å². The molecule has 0 N–H and O–H groups in total. The van der Waals surface area contributed by atoms with Crippen molar-refractivity contribution in [2.45, 2.75) is 43.9 Å². The Labute approximate surface area is 199 Å². The highest BCUT2D eigenvalue weighted by molar-refractivity contribution is 5.98. The van der Waals surface area contributed by atoms with Crippen molar-refractivity contribution < 1.29 is 28.6 Å². The van der Waals surface area contributed by atoms with E-state index in [2.05, 4.69) is 0 Å². The highest BCUT2D eigenvalue weighted by Crippen LogP contribution is 2.40. The molecule has 4 aliphatic rings. The molecule has 1 aromatic rings. The first-order valence-corrected chi connectivity index (χ1v) is 12.3. The Hall–Kier alpha value is -2.65. The topological polar surface area (TPSA) is 88.6 Å². The molecular weight excluding hydrogens is 438 g/mol. The van der Waals surface area contributed by atoms with Crippen LogP contribution in [0, 0.1) is 5.92 Å². The van der Waals surface area contributed by atoms with Gasteiger partial charge in [0.1, 0.15) is 17.5 Å². The van der Waals surface area contributed by atoms with Crippen LogP contribution in [0.25, 0.3) is 0 Å². The van der Waals surface area contributed by atoms with E-state index in [4.69, 9.17) is 14.2 Å². The lowest BCUT2D eigenvalue weighted by Gasteiger charge is -2.46. The fraction of sp³-hybridized carbons (Fsp3) is 0.640. The normalized spacial score (nSPS) is 24.7. The number of benzene rings is 1. The summed E-state index contributed by atoms with van der Waals surface area (Å²) < 4.78 is 16.9. The van der Waals surface area contributed by atoms with Crippen molar-refractivity contribution >= 4 is 17.7 Å². The zero-order valence-corrected chi connectivity index (χ0v) is 19.7. The lowest BCUT2D eigenvalue weighted by molar-refractivity contribution is -0.150. The average Bonchev–Trinajstić information content (AvgIpc) is 3.21. The van der Waals surface area contributed by atoms with Gasteiger partial charge in [0.2, 0.25) is 11.8 Å². The van der Waals surface area contributed by atoms with Crippen molar-refractivity contribution in [3.05, 3.63) is 29.8 Å². The third kappa shape index (κ3) is 4.15. The van der Waals surface area contributed by atoms with E-state index in [9.17, 15) is 14.4 Å². The van der Waals surface area contributed by atoms with Crippen LogP contribution in [0.1, 0.15) is 42.5 Å². The molecule has 1 aliphatic carbocycles. The first-order valence-electron chi connectivity index (χ1n) is 12.3. The fourth-order valence-electron chi connectivity index (χ4n) is 5.41. The maximum atomic E-state index is 13.8. The highest BCUT2D eigenvalue weighted by Gasteiger charge is 2.55. The van der Waals surface area contributed by atoms with Gasteiger partial charge in [0, 0.05) is 50.5 Å². The molecule has 0 bridgehead atoms. The number of rotatable bonds is 4. The van der Waals surface area contributed by atoms with Crippen LogP contribution >= 0.6 is 0 Å². The van der Waals surface area contributed by atoms with Crippen molar-refractivity contribution in [2.24, 2.45) is 5.92 Å². The number of ether oxygens (including phenoxy) is 3. The molecule has 3 saturated heterocycles. The number of morpholine rings is 1. The van der Waals surface area contributed by atoms with E-state index >= 15 is 0 Å². The highest BCUT2D eigenvalue weighted by atomic mass is 16.5. The van der Waals surface area contributed by atoms with Crippen LogP contribution in [0.4, 0.5) is 0 Å². The van der Waals surface area contributed by atoms with Crippen LogP contribution in [0.15, 0.2) is 24.3 Å². The maximum absolute atomic E-state index is 13.8. The molecule has 5 rings (SSSR count). The third-order valence-corrected chi connectivity index (χ3v) is 7.73. The largest absolute Gasteiger partial charge is 0.497 e. The van der Waals surface area contributed by atoms with Gasteiger partial charge >= 0.3 is 0 Å². The summed E-state index contributed by atoms with van der Waals surface area (Å²) in [5.41, 5.74) is -0.404. The van der Waals surface area contributed by atoms with Gasteiger partial charge in [0.15, 0.2) is 0 Å². The lowest BCUT2D eigenvalue weighted by atomic mass is 9.83. The Balaban J connectivity index is 1.39. The van der Waals surface area contributed by atoms with Gasteiger partial charge < -0.3 is 24.0 Å². The second kappa shape index (κ2) is 9.54. The minimum Gasteiger partial charge on any atom is -0.497 e. The quantitative estimate of drug-likeness (QED) is 0.662. The van der Waals surface area contributed by atoms with E-state index in [1.165, 1.54) is 0 Å². The molecule has 0 unspecified atom stereocenters. The summed E-state index contributed by atoms with van der Waals surface area (Å²) in [6.45, 7) is 3.23. The summed E-state index contributed by atoms with van der Waals surface area (Å²) in [7, 11) is 1.58. The van der Waals surface area contributed by atoms with Crippen molar-refractivity contribution in [3.63, 3.8) is 0 Å². The number of methoxy groups -OCH3 is 1. The number of hydrogen-bond acceptors (Lipinski definition) is 6. The van der Waals surface area contributed by atoms with Gasteiger partial charge in [0.25, 0.3) is 5.91 Å². The number of amides is 3. The van der Waals surface area contributed by atoms with Crippen molar-refractivity contribution in [2.75, 3.05) is 53.1 Å².